The summed E-state index contributed by atoms with van der Waals surface area (Å²) in [6.45, 7) is 6.83. The summed E-state index contributed by atoms with van der Waals surface area (Å²) in [5.41, 5.74) is 3.36. The Morgan fingerprint density at radius 3 is 2.12 bits per heavy atom. The molecule has 0 spiro atoms. The normalized spacial score (nSPS) is 12.1. The Hall–Kier alpha value is -3.36. The van der Waals surface area contributed by atoms with Gasteiger partial charge in [0.2, 0.25) is 21.8 Å². The predicted octanol–water partition coefficient (Wildman–Crippen LogP) is 5.61. The van der Waals surface area contributed by atoms with Gasteiger partial charge in [-0.2, -0.15) is 0 Å². The van der Waals surface area contributed by atoms with Gasteiger partial charge < -0.3 is 10.2 Å². The molecule has 9 heteroatoms. The Bertz CT molecular complexity index is 1380. The maximum absolute atomic E-state index is 13.9. The number of nitrogens with zero attached hydrogens (tertiary/aromatic N) is 2. The number of hydrogen-bond acceptors (Lipinski definition) is 4. The van der Waals surface area contributed by atoms with Gasteiger partial charge in [-0.15, -0.1) is 0 Å². The number of carbonyl (C=O) groups excluding carboxylic acids is 2. The topological polar surface area (TPSA) is 86.8 Å². The molecule has 0 saturated carbocycles. The predicted molar refractivity (Wildman–Crippen MR) is 166 cm³/mol. The quantitative estimate of drug-likeness (QED) is 0.262. The molecule has 0 aromatic heterocycles. The van der Waals surface area contributed by atoms with Crippen LogP contribution in [0, 0.1) is 12.8 Å². The van der Waals surface area contributed by atoms with Gasteiger partial charge in [0.25, 0.3) is 0 Å². The Labute approximate surface area is 249 Å². The van der Waals surface area contributed by atoms with Crippen LogP contribution >= 0.6 is 11.6 Å². The van der Waals surface area contributed by atoms with Gasteiger partial charge in [0, 0.05) is 37.5 Å². The van der Waals surface area contributed by atoms with Crippen molar-refractivity contribution in [3.05, 3.63) is 101 Å². The second-order valence-corrected chi connectivity index (χ2v) is 13.1. The van der Waals surface area contributed by atoms with Crippen LogP contribution < -0.4 is 9.62 Å². The van der Waals surface area contributed by atoms with Crippen LogP contribution in [0.15, 0.2) is 78.9 Å². The van der Waals surface area contributed by atoms with Crippen molar-refractivity contribution in [1.82, 2.24) is 10.2 Å². The minimum atomic E-state index is -3.56. The Kier molecular flexibility index (Phi) is 11.8. The molecule has 3 aromatic carbocycles. The SMILES string of the molecule is Cc1ccc(N(CCCC(=O)N(Cc2ccc(Cl)cc2)C(Cc2ccccc2)C(=O)NCC(C)C)S(C)(=O)=O)cc1. The summed E-state index contributed by atoms with van der Waals surface area (Å²) in [5, 5.41) is 3.59. The van der Waals surface area contributed by atoms with Crippen LogP contribution in [0.3, 0.4) is 0 Å². The van der Waals surface area contributed by atoms with E-state index in [9.17, 15) is 18.0 Å². The van der Waals surface area contributed by atoms with Crippen molar-refractivity contribution < 1.29 is 18.0 Å². The highest BCUT2D eigenvalue weighted by atomic mass is 35.5. The lowest BCUT2D eigenvalue weighted by Gasteiger charge is -2.32. The number of carbonyl (C=O) groups is 2. The summed E-state index contributed by atoms with van der Waals surface area (Å²) in [6, 6.07) is 23.3. The summed E-state index contributed by atoms with van der Waals surface area (Å²) in [6.07, 6.45) is 1.89. The Morgan fingerprint density at radius 1 is 0.902 bits per heavy atom. The van der Waals surface area contributed by atoms with E-state index in [1.54, 1.807) is 29.2 Å². The number of aryl methyl sites for hydroxylation is 1. The molecule has 3 aromatic rings. The number of halogens is 1. The van der Waals surface area contributed by atoms with Crippen LogP contribution in [0.2, 0.25) is 5.02 Å². The average Bonchev–Trinajstić information content (AvgIpc) is 2.93. The molecular weight excluding hydrogens is 558 g/mol. The third-order valence-corrected chi connectivity index (χ3v) is 8.14. The van der Waals surface area contributed by atoms with E-state index in [4.69, 9.17) is 11.6 Å². The van der Waals surface area contributed by atoms with E-state index in [-0.39, 0.29) is 37.2 Å². The van der Waals surface area contributed by atoms with Gasteiger partial charge in [0.1, 0.15) is 6.04 Å². The molecule has 7 nitrogen and oxygen atoms in total. The lowest BCUT2D eigenvalue weighted by atomic mass is 10.0. The standard InChI is InChI=1S/C32H40ClN3O4S/c1-24(2)22-34-32(38)30(21-26-9-6-5-7-10-26)35(23-27-14-16-28(33)17-15-27)31(37)11-8-20-36(41(4,39)40)29-18-12-25(3)13-19-29/h5-7,9-10,12-19,24,30H,8,11,20-23H2,1-4H3,(H,34,38). The number of rotatable bonds is 14. The van der Waals surface area contributed by atoms with E-state index in [1.807, 2.05) is 75.4 Å². The number of amides is 2. The Balaban J connectivity index is 1.87. The molecule has 3 rings (SSSR count). The summed E-state index contributed by atoms with van der Waals surface area (Å²) < 4.78 is 26.5. The Morgan fingerprint density at radius 2 is 1.54 bits per heavy atom. The van der Waals surface area contributed by atoms with E-state index in [1.165, 1.54) is 4.31 Å². The lowest BCUT2D eigenvalue weighted by Crippen LogP contribution is -2.51. The van der Waals surface area contributed by atoms with Gasteiger partial charge in [-0.1, -0.05) is 85.6 Å². The molecule has 0 saturated heterocycles. The lowest BCUT2D eigenvalue weighted by molar-refractivity contribution is -0.141. The van der Waals surface area contributed by atoms with Crippen molar-refractivity contribution in [3.8, 4) is 0 Å². The third kappa shape index (κ3) is 10.2. The van der Waals surface area contributed by atoms with Crippen LogP contribution in [0.25, 0.3) is 0 Å². The molecule has 2 amide bonds. The highest BCUT2D eigenvalue weighted by Crippen LogP contribution is 2.21. The van der Waals surface area contributed by atoms with Crippen molar-refractivity contribution in [2.75, 3.05) is 23.7 Å². The molecule has 0 aliphatic carbocycles. The first-order valence-corrected chi connectivity index (χ1v) is 16.1. The maximum atomic E-state index is 13.9. The molecule has 0 heterocycles. The van der Waals surface area contributed by atoms with Gasteiger partial charge in [-0.05, 0) is 54.7 Å². The van der Waals surface area contributed by atoms with Crippen molar-refractivity contribution >= 4 is 39.1 Å². The number of anilines is 1. The molecule has 41 heavy (non-hydrogen) atoms. The first-order valence-electron chi connectivity index (χ1n) is 13.8. The molecule has 1 N–H and O–H groups in total. The highest BCUT2D eigenvalue weighted by molar-refractivity contribution is 7.92. The fourth-order valence-electron chi connectivity index (χ4n) is 4.48. The minimum absolute atomic E-state index is 0.0776. The molecule has 0 fully saturated rings. The van der Waals surface area contributed by atoms with Gasteiger partial charge >= 0.3 is 0 Å². The number of sulfonamides is 1. The van der Waals surface area contributed by atoms with E-state index >= 15 is 0 Å². The van der Waals surface area contributed by atoms with E-state index < -0.39 is 16.1 Å². The zero-order valence-electron chi connectivity index (χ0n) is 24.2. The summed E-state index contributed by atoms with van der Waals surface area (Å²) >= 11 is 6.10. The summed E-state index contributed by atoms with van der Waals surface area (Å²) in [4.78, 5) is 29.0. The van der Waals surface area contributed by atoms with Crippen LogP contribution in [0.5, 0.6) is 0 Å². The van der Waals surface area contributed by atoms with E-state index in [0.29, 0.717) is 30.1 Å². The van der Waals surface area contributed by atoms with Crippen LogP contribution in [0.1, 0.15) is 43.4 Å². The number of benzene rings is 3. The molecule has 1 unspecified atom stereocenters. The maximum Gasteiger partial charge on any atom is 0.243 e. The molecular formula is C32H40ClN3O4S. The van der Waals surface area contributed by atoms with Crippen LogP contribution in [0.4, 0.5) is 5.69 Å². The smallest absolute Gasteiger partial charge is 0.243 e. The van der Waals surface area contributed by atoms with Crippen LogP contribution in [-0.4, -0.2) is 50.5 Å². The fourth-order valence-corrected chi connectivity index (χ4v) is 5.57. The second-order valence-electron chi connectivity index (χ2n) is 10.8. The van der Waals surface area contributed by atoms with Gasteiger partial charge in [0.15, 0.2) is 0 Å². The number of nitrogens with one attached hydrogen (secondary N) is 1. The molecule has 0 aliphatic rings. The monoisotopic (exact) mass is 597 g/mol. The van der Waals surface area contributed by atoms with Crippen molar-refractivity contribution in [1.29, 1.82) is 0 Å². The summed E-state index contributed by atoms with van der Waals surface area (Å²) in [5.74, 6) is -0.194. The van der Waals surface area contributed by atoms with Crippen molar-refractivity contribution in [2.24, 2.45) is 5.92 Å². The highest BCUT2D eigenvalue weighted by Gasteiger charge is 2.30. The van der Waals surface area contributed by atoms with Crippen molar-refractivity contribution in [2.45, 2.75) is 52.6 Å². The molecule has 1 atom stereocenters. The molecule has 0 radical (unpaired) electrons. The number of hydrogen-bond donors (Lipinski definition) is 1. The third-order valence-electron chi connectivity index (χ3n) is 6.70. The first-order chi connectivity index (χ1) is 19.4. The summed E-state index contributed by atoms with van der Waals surface area (Å²) in [7, 11) is -3.56. The van der Waals surface area contributed by atoms with Crippen LogP contribution in [-0.2, 0) is 32.6 Å². The zero-order valence-corrected chi connectivity index (χ0v) is 25.8. The molecule has 0 bridgehead atoms. The second kappa shape index (κ2) is 15.0. The minimum Gasteiger partial charge on any atom is -0.354 e. The van der Waals surface area contributed by atoms with Crippen molar-refractivity contribution in [3.63, 3.8) is 0 Å². The zero-order chi connectivity index (χ0) is 30.0. The van der Waals surface area contributed by atoms with Gasteiger partial charge in [-0.25, -0.2) is 8.42 Å². The largest absolute Gasteiger partial charge is 0.354 e. The van der Waals surface area contributed by atoms with E-state index in [0.717, 1.165) is 22.9 Å². The van der Waals surface area contributed by atoms with Gasteiger partial charge in [-0.3, -0.25) is 13.9 Å². The van der Waals surface area contributed by atoms with E-state index in [2.05, 4.69) is 5.32 Å². The first kappa shape index (κ1) is 32.2. The molecule has 220 valence electrons. The molecule has 0 aliphatic heterocycles. The van der Waals surface area contributed by atoms with Gasteiger partial charge in [0.05, 0.1) is 11.9 Å². The fraction of sp³-hybridized carbons (Fsp3) is 0.375. The average molecular weight is 598 g/mol.